The second-order valence-corrected chi connectivity index (χ2v) is 8.63. The van der Waals surface area contributed by atoms with E-state index >= 15 is 0 Å². The number of ether oxygens (including phenoxy) is 1. The van der Waals surface area contributed by atoms with E-state index in [0.29, 0.717) is 11.4 Å². The highest BCUT2D eigenvalue weighted by atomic mass is 32.2. The van der Waals surface area contributed by atoms with Gasteiger partial charge in [0.05, 0.1) is 23.4 Å². The van der Waals surface area contributed by atoms with Crippen molar-refractivity contribution in [2.75, 3.05) is 18.5 Å². The van der Waals surface area contributed by atoms with Gasteiger partial charge in [0.2, 0.25) is 0 Å². The van der Waals surface area contributed by atoms with E-state index in [1.165, 1.54) is 4.31 Å². The molecule has 0 fully saturated rings. The summed E-state index contributed by atoms with van der Waals surface area (Å²) in [6.07, 6.45) is 2.00. The quantitative estimate of drug-likeness (QED) is 0.664. The van der Waals surface area contributed by atoms with E-state index in [9.17, 15) is 8.42 Å². The highest BCUT2D eigenvalue weighted by molar-refractivity contribution is 7.92. The number of hydrogen-bond donors (Lipinski definition) is 0. The van der Waals surface area contributed by atoms with Gasteiger partial charge in [0, 0.05) is 25.9 Å². The molecule has 0 aliphatic carbocycles. The number of anilines is 1. The van der Waals surface area contributed by atoms with Crippen LogP contribution in [0.25, 0.3) is 11.3 Å². The summed E-state index contributed by atoms with van der Waals surface area (Å²) in [6, 6.07) is 14.3. The number of hydrogen-bond acceptors (Lipinski definition) is 3. The van der Waals surface area contributed by atoms with Crippen LogP contribution in [0.2, 0.25) is 0 Å². The summed E-state index contributed by atoms with van der Waals surface area (Å²) in [6.45, 7) is 4.02. The van der Waals surface area contributed by atoms with Crippen LogP contribution in [0.15, 0.2) is 59.6 Å². The Bertz CT molecular complexity index is 1050. The monoisotopic (exact) mass is 384 g/mol. The molecule has 0 spiro atoms. The lowest BCUT2D eigenvalue weighted by Crippen LogP contribution is -2.26. The fraction of sp³-hybridized carbons (Fsp3) is 0.238. The molecule has 3 aromatic rings. The van der Waals surface area contributed by atoms with Crippen molar-refractivity contribution in [1.82, 2.24) is 4.57 Å². The predicted octanol–water partition coefficient (Wildman–Crippen LogP) is 4.14. The average Bonchev–Trinajstić information content (AvgIpc) is 2.99. The Kier molecular flexibility index (Phi) is 5.02. The summed E-state index contributed by atoms with van der Waals surface area (Å²) in [5.41, 5.74) is 4.85. The van der Waals surface area contributed by atoms with Gasteiger partial charge in [-0.05, 0) is 73.5 Å². The SMILES string of the molecule is COc1ccc(S(=O)(=O)N(C)c2cc(C)cc(-c3c(C)ccn3C)c2)cc1. The number of sulfonamides is 1. The Balaban J connectivity index is 2.05. The topological polar surface area (TPSA) is 51.5 Å². The van der Waals surface area contributed by atoms with Gasteiger partial charge in [-0.1, -0.05) is 0 Å². The number of methoxy groups -OCH3 is 1. The van der Waals surface area contributed by atoms with Crippen LogP contribution in [-0.4, -0.2) is 27.1 Å². The molecule has 0 N–H and O–H groups in total. The van der Waals surface area contributed by atoms with Gasteiger partial charge in [0.1, 0.15) is 5.75 Å². The highest BCUT2D eigenvalue weighted by Gasteiger charge is 2.22. The number of benzene rings is 2. The summed E-state index contributed by atoms with van der Waals surface area (Å²) >= 11 is 0. The Hall–Kier alpha value is -2.73. The molecule has 0 aliphatic rings. The molecule has 27 heavy (non-hydrogen) atoms. The van der Waals surface area contributed by atoms with Crippen molar-refractivity contribution in [2.45, 2.75) is 18.7 Å². The van der Waals surface area contributed by atoms with Crippen LogP contribution in [0.5, 0.6) is 5.75 Å². The van der Waals surface area contributed by atoms with Gasteiger partial charge in [-0.25, -0.2) is 8.42 Å². The summed E-state index contributed by atoms with van der Waals surface area (Å²) in [5, 5.41) is 0. The second kappa shape index (κ2) is 7.12. The number of aryl methyl sites for hydroxylation is 3. The maximum absolute atomic E-state index is 13.1. The third kappa shape index (κ3) is 3.57. The molecule has 0 aliphatic heterocycles. The lowest BCUT2D eigenvalue weighted by atomic mass is 10.0. The van der Waals surface area contributed by atoms with E-state index in [1.54, 1.807) is 38.4 Å². The van der Waals surface area contributed by atoms with E-state index in [1.807, 2.05) is 36.9 Å². The van der Waals surface area contributed by atoms with Crippen LogP contribution in [0.3, 0.4) is 0 Å². The second-order valence-electron chi connectivity index (χ2n) is 6.66. The van der Waals surface area contributed by atoms with Crippen molar-refractivity contribution in [2.24, 2.45) is 7.05 Å². The van der Waals surface area contributed by atoms with Gasteiger partial charge in [-0.3, -0.25) is 4.31 Å². The minimum atomic E-state index is -3.67. The Labute approximate surface area is 160 Å². The summed E-state index contributed by atoms with van der Waals surface area (Å²) in [4.78, 5) is 0.226. The lowest BCUT2D eigenvalue weighted by molar-refractivity contribution is 0.414. The van der Waals surface area contributed by atoms with Crippen LogP contribution in [0.1, 0.15) is 11.1 Å². The summed E-state index contributed by atoms with van der Waals surface area (Å²) in [7, 11) is 1.45. The first-order chi connectivity index (χ1) is 12.7. The van der Waals surface area contributed by atoms with Crippen molar-refractivity contribution in [3.8, 4) is 17.0 Å². The van der Waals surface area contributed by atoms with Crippen molar-refractivity contribution < 1.29 is 13.2 Å². The van der Waals surface area contributed by atoms with E-state index < -0.39 is 10.0 Å². The Morgan fingerprint density at radius 2 is 1.67 bits per heavy atom. The first kappa shape index (κ1) is 19.0. The van der Waals surface area contributed by atoms with Crippen LogP contribution in [0, 0.1) is 13.8 Å². The van der Waals surface area contributed by atoms with Gasteiger partial charge in [0.15, 0.2) is 0 Å². The molecule has 2 aromatic carbocycles. The molecule has 3 rings (SSSR count). The van der Waals surface area contributed by atoms with Crippen LogP contribution in [-0.2, 0) is 17.1 Å². The Morgan fingerprint density at radius 3 is 2.22 bits per heavy atom. The zero-order valence-electron chi connectivity index (χ0n) is 16.2. The normalized spacial score (nSPS) is 11.4. The van der Waals surface area contributed by atoms with E-state index in [2.05, 4.69) is 19.1 Å². The number of rotatable bonds is 5. The third-order valence-corrected chi connectivity index (χ3v) is 6.49. The van der Waals surface area contributed by atoms with E-state index in [-0.39, 0.29) is 4.90 Å². The predicted molar refractivity (Wildman–Crippen MR) is 109 cm³/mol. The molecular formula is C21H24N2O3S. The maximum Gasteiger partial charge on any atom is 0.264 e. The third-order valence-electron chi connectivity index (χ3n) is 4.69. The molecule has 0 atom stereocenters. The zero-order valence-corrected chi connectivity index (χ0v) is 17.0. The maximum atomic E-state index is 13.1. The van der Waals surface area contributed by atoms with Crippen LogP contribution in [0.4, 0.5) is 5.69 Å². The molecule has 0 bridgehead atoms. The fourth-order valence-corrected chi connectivity index (χ4v) is 4.39. The molecule has 0 amide bonds. The molecule has 0 radical (unpaired) electrons. The molecular weight excluding hydrogens is 360 g/mol. The van der Waals surface area contributed by atoms with Crippen LogP contribution < -0.4 is 9.04 Å². The zero-order chi connectivity index (χ0) is 19.8. The molecule has 1 aromatic heterocycles. The summed E-state index contributed by atoms with van der Waals surface area (Å²) < 4.78 is 34.6. The van der Waals surface area contributed by atoms with Gasteiger partial charge in [0.25, 0.3) is 10.0 Å². The van der Waals surface area contributed by atoms with E-state index in [0.717, 1.165) is 22.4 Å². The molecule has 5 nitrogen and oxygen atoms in total. The first-order valence-corrected chi connectivity index (χ1v) is 10.0. The molecule has 0 saturated carbocycles. The van der Waals surface area contributed by atoms with Gasteiger partial charge in [-0.2, -0.15) is 0 Å². The Morgan fingerprint density at radius 1 is 1.00 bits per heavy atom. The van der Waals surface area contributed by atoms with Crippen molar-refractivity contribution in [3.05, 3.63) is 65.9 Å². The highest BCUT2D eigenvalue weighted by Crippen LogP contribution is 2.31. The van der Waals surface area contributed by atoms with Crippen molar-refractivity contribution in [1.29, 1.82) is 0 Å². The summed E-state index contributed by atoms with van der Waals surface area (Å²) in [5.74, 6) is 0.619. The fourth-order valence-electron chi connectivity index (χ4n) is 3.21. The minimum Gasteiger partial charge on any atom is -0.497 e. The molecule has 142 valence electrons. The minimum absolute atomic E-state index is 0.226. The lowest BCUT2D eigenvalue weighted by Gasteiger charge is -2.21. The molecule has 1 heterocycles. The van der Waals surface area contributed by atoms with Gasteiger partial charge < -0.3 is 9.30 Å². The largest absolute Gasteiger partial charge is 0.497 e. The molecule has 0 unspecified atom stereocenters. The smallest absolute Gasteiger partial charge is 0.264 e. The number of aromatic nitrogens is 1. The average molecular weight is 385 g/mol. The van der Waals surface area contributed by atoms with Crippen LogP contribution >= 0.6 is 0 Å². The van der Waals surface area contributed by atoms with E-state index in [4.69, 9.17) is 4.74 Å². The molecule has 0 saturated heterocycles. The first-order valence-electron chi connectivity index (χ1n) is 8.61. The van der Waals surface area contributed by atoms with Gasteiger partial charge >= 0.3 is 0 Å². The molecule has 6 heteroatoms. The van der Waals surface area contributed by atoms with Gasteiger partial charge in [-0.15, -0.1) is 0 Å². The number of nitrogens with zero attached hydrogens (tertiary/aromatic N) is 2. The van der Waals surface area contributed by atoms with Crippen molar-refractivity contribution >= 4 is 15.7 Å². The van der Waals surface area contributed by atoms with Crippen molar-refractivity contribution in [3.63, 3.8) is 0 Å². The standard InChI is InChI=1S/C21H24N2O3S/c1-15-12-17(21-16(2)10-11-22(21)3)14-18(13-15)23(4)27(24,25)20-8-6-19(26-5)7-9-20/h6-14H,1-5H3.